The number of nitrogens with one attached hydrogen (secondary N) is 1. The monoisotopic (exact) mass is 886 g/mol. The van der Waals surface area contributed by atoms with E-state index in [-0.39, 0.29) is 19.1 Å². The maximum atomic E-state index is 12.8. The number of phosphoric acid groups is 1. The Balaban J connectivity index is 3.71. The van der Waals surface area contributed by atoms with Crippen molar-refractivity contribution in [2.24, 2.45) is 0 Å². The number of aliphatic hydroxyl groups is 1. The molecule has 0 aliphatic rings. The number of unbranched alkanes of at least 4 members (excludes halogenated alkanes) is 36. The highest BCUT2D eigenvalue weighted by molar-refractivity contribution is 7.47. The summed E-state index contributed by atoms with van der Waals surface area (Å²) in [6.07, 6.45) is 53.9. The van der Waals surface area contributed by atoms with E-state index in [9.17, 15) is 19.4 Å². The van der Waals surface area contributed by atoms with Crippen molar-refractivity contribution in [3.05, 3.63) is 12.2 Å². The third kappa shape index (κ3) is 47.0. The third-order valence-corrected chi connectivity index (χ3v) is 13.2. The number of amides is 1. The summed E-state index contributed by atoms with van der Waals surface area (Å²) in [5.74, 6) is -0.179. The molecule has 0 aromatic heterocycles. The highest BCUT2D eigenvalue weighted by Crippen LogP contribution is 2.43. The molecule has 3 atom stereocenters. The average molecular weight is 886 g/mol. The smallest absolute Gasteiger partial charge is 0.387 e. The van der Waals surface area contributed by atoms with Gasteiger partial charge in [0.1, 0.15) is 13.2 Å². The first kappa shape index (κ1) is 60.2. The van der Waals surface area contributed by atoms with E-state index >= 15 is 0 Å². The SMILES string of the molecule is CCCCC/C=C/C(O)C(COP(=O)(O)OCC[N+](C)(C)C)NC(=O)CCCCCCCCCCCCCCCCCCCCCCCCCCCCCCCCCCCC. The number of allylic oxidation sites excluding steroid dienone is 1. The molecule has 0 aromatic rings. The minimum atomic E-state index is -4.32. The maximum absolute atomic E-state index is 12.8. The predicted molar refractivity (Wildman–Crippen MR) is 263 cm³/mol. The molecule has 0 saturated heterocycles. The zero-order valence-electron chi connectivity index (χ0n) is 41.4. The van der Waals surface area contributed by atoms with Crippen LogP contribution in [-0.2, 0) is 18.4 Å². The van der Waals surface area contributed by atoms with Gasteiger partial charge in [-0.3, -0.25) is 13.8 Å². The van der Waals surface area contributed by atoms with Gasteiger partial charge in [0.25, 0.3) is 0 Å². The first-order valence-electron chi connectivity index (χ1n) is 26.6. The number of aliphatic hydroxyl groups excluding tert-OH is 1. The second-order valence-electron chi connectivity index (χ2n) is 19.6. The van der Waals surface area contributed by atoms with Crippen molar-refractivity contribution < 1.29 is 32.9 Å². The first-order chi connectivity index (χ1) is 29.5. The van der Waals surface area contributed by atoms with Gasteiger partial charge in [-0.15, -0.1) is 0 Å². The van der Waals surface area contributed by atoms with E-state index < -0.39 is 20.0 Å². The summed E-state index contributed by atoms with van der Waals surface area (Å²) < 4.78 is 23.4. The van der Waals surface area contributed by atoms with Gasteiger partial charge in [0.15, 0.2) is 0 Å². The summed E-state index contributed by atoms with van der Waals surface area (Å²) in [7, 11) is 1.58. The van der Waals surface area contributed by atoms with Crippen LogP contribution < -0.4 is 5.32 Å². The van der Waals surface area contributed by atoms with E-state index in [2.05, 4.69) is 19.2 Å². The Kier molecular flexibility index (Phi) is 43.9. The van der Waals surface area contributed by atoms with Crippen LogP contribution in [-0.4, -0.2) is 73.4 Å². The molecule has 0 rings (SSSR count). The molecule has 0 bridgehead atoms. The van der Waals surface area contributed by atoms with Gasteiger partial charge in [0.2, 0.25) is 5.91 Å². The van der Waals surface area contributed by atoms with Gasteiger partial charge in [-0.25, -0.2) is 4.57 Å². The standard InChI is InChI=1S/C52H105N2O6P/c1-6-8-10-12-13-14-15-16-17-18-19-20-21-22-23-24-25-26-27-28-29-30-31-32-33-34-35-36-37-38-39-40-42-44-46-52(56)53-50(51(55)45-43-41-11-9-7-2)49-60-61(57,58)59-48-47-54(3,4)5/h43,45,50-51,55H,6-42,44,46-49H2,1-5H3,(H-,53,56,57,58)/p+1/b45-43+. The summed E-state index contributed by atoms with van der Waals surface area (Å²) in [6, 6.07) is -0.837. The highest BCUT2D eigenvalue weighted by atomic mass is 31.2. The van der Waals surface area contributed by atoms with Gasteiger partial charge in [-0.1, -0.05) is 251 Å². The number of quaternary nitrogens is 1. The van der Waals surface area contributed by atoms with Crippen LogP contribution in [0.4, 0.5) is 0 Å². The number of carbonyl (C=O) groups excluding carboxylic acids is 1. The van der Waals surface area contributed by atoms with Crippen molar-refractivity contribution in [1.29, 1.82) is 0 Å². The Morgan fingerprint density at radius 3 is 1.21 bits per heavy atom. The maximum Gasteiger partial charge on any atom is 0.472 e. The quantitative estimate of drug-likeness (QED) is 0.0243. The zero-order valence-corrected chi connectivity index (χ0v) is 42.3. The molecule has 0 aromatic carbocycles. The summed E-state index contributed by atoms with van der Waals surface area (Å²) in [5.41, 5.74) is 0. The fraction of sp³-hybridized carbons (Fsp3) is 0.942. The lowest BCUT2D eigenvalue weighted by Crippen LogP contribution is -2.45. The summed E-state index contributed by atoms with van der Waals surface area (Å²) in [6.45, 7) is 4.73. The van der Waals surface area contributed by atoms with E-state index in [1.54, 1.807) is 6.08 Å². The lowest BCUT2D eigenvalue weighted by atomic mass is 10.0. The molecule has 0 radical (unpaired) electrons. The number of rotatable bonds is 49. The molecular formula is C52H106N2O6P+. The van der Waals surface area contributed by atoms with Crippen molar-refractivity contribution in [3.8, 4) is 0 Å². The van der Waals surface area contributed by atoms with Crippen LogP contribution in [0.3, 0.4) is 0 Å². The molecule has 3 N–H and O–H groups in total. The Hall–Kier alpha value is -0.760. The van der Waals surface area contributed by atoms with Crippen LogP contribution in [0.25, 0.3) is 0 Å². The van der Waals surface area contributed by atoms with Gasteiger partial charge in [-0.2, -0.15) is 0 Å². The third-order valence-electron chi connectivity index (χ3n) is 12.3. The summed E-state index contributed by atoms with van der Waals surface area (Å²) in [5, 5.41) is 13.6. The average Bonchev–Trinajstić information content (AvgIpc) is 3.21. The van der Waals surface area contributed by atoms with Crippen LogP contribution in [0.2, 0.25) is 0 Å². The minimum absolute atomic E-state index is 0.0634. The molecule has 364 valence electrons. The normalized spacial score (nSPS) is 14.1. The lowest BCUT2D eigenvalue weighted by Gasteiger charge is -2.25. The number of hydrogen-bond donors (Lipinski definition) is 3. The number of hydrogen-bond acceptors (Lipinski definition) is 5. The Labute approximate surface area is 380 Å². The molecule has 0 aliphatic carbocycles. The van der Waals surface area contributed by atoms with Gasteiger partial charge in [0.05, 0.1) is 39.9 Å². The van der Waals surface area contributed by atoms with E-state index in [0.29, 0.717) is 17.4 Å². The van der Waals surface area contributed by atoms with Crippen LogP contribution in [0, 0.1) is 0 Å². The molecule has 61 heavy (non-hydrogen) atoms. The fourth-order valence-corrected chi connectivity index (χ4v) is 8.78. The first-order valence-corrected chi connectivity index (χ1v) is 28.1. The van der Waals surface area contributed by atoms with Gasteiger partial charge in [-0.05, 0) is 19.3 Å². The topological polar surface area (TPSA) is 105 Å². The molecule has 3 unspecified atom stereocenters. The summed E-state index contributed by atoms with van der Waals surface area (Å²) in [4.78, 5) is 23.0. The van der Waals surface area contributed by atoms with Crippen molar-refractivity contribution in [2.75, 3.05) is 40.9 Å². The van der Waals surface area contributed by atoms with Gasteiger partial charge < -0.3 is 19.8 Å². The second-order valence-corrected chi connectivity index (χ2v) is 21.1. The molecule has 8 nitrogen and oxygen atoms in total. The summed E-state index contributed by atoms with van der Waals surface area (Å²) >= 11 is 0. The molecule has 9 heteroatoms. The number of nitrogens with zero attached hydrogens (tertiary/aromatic N) is 1. The minimum Gasteiger partial charge on any atom is -0.387 e. The molecule has 1 amide bonds. The van der Waals surface area contributed by atoms with E-state index in [4.69, 9.17) is 9.05 Å². The van der Waals surface area contributed by atoms with E-state index in [1.807, 2.05) is 27.2 Å². The van der Waals surface area contributed by atoms with Crippen LogP contribution in [0.15, 0.2) is 12.2 Å². The van der Waals surface area contributed by atoms with E-state index in [0.717, 1.165) is 44.9 Å². The van der Waals surface area contributed by atoms with Crippen molar-refractivity contribution in [1.82, 2.24) is 5.32 Å². The van der Waals surface area contributed by atoms with Crippen molar-refractivity contribution in [2.45, 2.75) is 276 Å². The van der Waals surface area contributed by atoms with Crippen LogP contribution >= 0.6 is 7.82 Å². The zero-order chi connectivity index (χ0) is 45.0. The molecule has 0 saturated carbocycles. The lowest BCUT2D eigenvalue weighted by molar-refractivity contribution is -0.870. The second kappa shape index (κ2) is 44.4. The Bertz CT molecular complexity index is 1000. The number of likely N-dealkylation sites (N-methyl/N-ethyl adjacent to an activating group) is 1. The molecule has 0 aliphatic heterocycles. The molecule has 0 heterocycles. The van der Waals surface area contributed by atoms with Crippen molar-refractivity contribution >= 4 is 13.7 Å². The Morgan fingerprint density at radius 1 is 0.541 bits per heavy atom. The number of carbonyl (C=O) groups is 1. The fourth-order valence-electron chi connectivity index (χ4n) is 8.04. The van der Waals surface area contributed by atoms with Gasteiger partial charge in [0, 0.05) is 6.42 Å². The highest BCUT2D eigenvalue weighted by Gasteiger charge is 2.27. The van der Waals surface area contributed by atoms with Crippen molar-refractivity contribution in [3.63, 3.8) is 0 Å². The van der Waals surface area contributed by atoms with E-state index in [1.165, 1.54) is 199 Å². The largest absolute Gasteiger partial charge is 0.472 e. The molecular weight excluding hydrogens is 780 g/mol. The molecule has 0 spiro atoms. The molecule has 0 fully saturated rings. The van der Waals surface area contributed by atoms with Crippen LogP contribution in [0.5, 0.6) is 0 Å². The van der Waals surface area contributed by atoms with Gasteiger partial charge >= 0.3 is 7.82 Å². The Morgan fingerprint density at radius 2 is 0.869 bits per heavy atom. The van der Waals surface area contributed by atoms with Crippen LogP contribution in [0.1, 0.15) is 264 Å². The number of phosphoric ester groups is 1. The predicted octanol–water partition coefficient (Wildman–Crippen LogP) is 15.5.